The molecule has 2 aromatic carbocycles. The number of amides is 1. The van der Waals surface area contributed by atoms with Gasteiger partial charge in [-0.1, -0.05) is 11.2 Å². The molecule has 0 fully saturated rings. The van der Waals surface area contributed by atoms with Crippen molar-refractivity contribution in [3.05, 3.63) is 59.7 Å². The van der Waals surface area contributed by atoms with Crippen LogP contribution in [0.15, 0.2) is 53.7 Å². The zero-order valence-electron chi connectivity index (χ0n) is 14.5. The van der Waals surface area contributed by atoms with Crippen molar-refractivity contribution in [3.8, 4) is 11.8 Å². The third kappa shape index (κ3) is 6.88. The highest BCUT2D eigenvalue weighted by Gasteiger charge is 2.08. The minimum atomic E-state index is -0.734. The SMILES string of the molecule is COc1ccc(/C=N\OCC(=O)OCC(=O)Nc2cccc(C#N)c2)cc1. The zero-order chi connectivity index (χ0) is 19.5. The van der Waals surface area contributed by atoms with Crippen LogP contribution < -0.4 is 10.1 Å². The first-order valence-corrected chi connectivity index (χ1v) is 7.85. The predicted octanol–water partition coefficient (Wildman–Crippen LogP) is 2.10. The first-order valence-electron chi connectivity index (χ1n) is 7.85. The van der Waals surface area contributed by atoms with Crippen LogP contribution >= 0.6 is 0 Å². The van der Waals surface area contributed by atoms with Gasteiger partial charge in [0, 0.05) is 5.69 Å². The van der Waals surface area contributed by atoms with Gasteiger partial charge in [-0.25, -0.2) is 4.79 Å². The Kier molecular flexibility index (Phi) is 7.36. The molecule has 0 aliphatic carbocycles. The molecule has 0 aliphatic rings. The monoisotopic (exact) mass is 367 g/mol. The number of hydrogen-bond donors (Lipinski definition) is 1. The Morgan fingerprint density at radius 2 is 1.96 bits per heavy atom. The van der Waals surface area contributed by atoms with Crippen LogP contribution in [-0.2, 0) is 19.2 Å². The maximum Gasteiger partial charge on any atom is 0.347 e. The molecule has 0 aliphatic heterocycles. The van der Waals surface area contributed by atoms with Crippen molar-refractivity contribution in [2.24, 2.45) is 5.16 Å². The standard InChI is InChI=1S/C19H17N3O5/c1-25-17-7-5-14(6-8-17)11-21-27-13-19(24)26-12-18(23)22-16-4-2-3-15(9-16)10-20/h2-9,11H,12-13H2,1H3,(H,22,23)/b21-11-. The minimum absolute atomic E-state index is 0.410. The lowest BCUT2D eigenvalue weighted by atomic mass is 10.2. The number of nitriles is 1. The minimum Gasteiger partial charge on any atom is -0.497 e. The number of nitrogens with one attached hydrogen (secondary N) is 1. The van der Waals surface area contributed by atoms with Crippen LogP contribution in [0.5, 0.6) is 5.75 Å². The van der Waals surface area contributed by atoms with Gasteiger partial charge in [0.1, 0.15) is 5.75 Å². The molecule has 8 nitrogen and oxygen atoms in total. The van der Waals surface area contributed by atoms with Gasteiger partial charge in [0.05, 0.1) is 25.0 Å². The molecule has 2 rings (SSSR count). The van der Waals surface area contributed by atoms with Gasteiger partial charge in [-0.05, 0) is 48.0 Å². The summed E-state index contributed by atoms with van der Waals surface area (Å²) in [5, 5.41) is 15.0. The third-order valence-corrected chi connectivity index (χ3v) is 3.21. The summed E-state index contributed by atoms with van der Waals surface area (Å²) in [5.41, 5.74) is 1.62. The lowest BCUT2D eigenvalue weighted by Gasteiger charge is -2.06. The number of nitrogens with zero attached hydrogens (tertiary/aromatic N) is 2. The van der Waals surface area contributed by atoms with Crippen LogP contribution in [0, 0.1) is 11.3 Å². The second kappa shape index (κ2) is 10.2. The van der Waals surface area contributed by atoms with Gasteiger partial charge in [-0.3, -0.25) is 4.79 Å². The highest BCUT2D eigenvalue weighted by molar-refractivity contribution is 5.93. The quantitative estimate of drug-likeness (QED) is 0.435. The number of rotatable bonds is 8. The molecule has 8 heteroatoms. The Hall–Kier alpha value is -3.86. The normalized spacial score (nSPS) is 10.1. The van der Waals surface area contributed by atoms with E-state index in [1.54, 1.807) is 49.6 Å². The summed E-state index contributed by atoms with van der Waals surface area (Å²) in [7, 11) is 1.57. The van der Waals surface area contributed by atoms with Crippen molar-refractivity contribution in [3.63, 3.8) is 0 Å². The molecule has 0 saturated heterocycles. The van der Waals surface area contributed by atoms with E-state index in [1.807, 2.05) is 6.07 Å². The summed E-state index contributed by atoms with van der Waals surface area (Å²) >= 11 is 0. The fourth-order valence-electron chi connectivity index (χ4n) is 1.93. The molecule has 27 heavy (non-hydrogen) atoms. The topological polar surface area (TPSA) is 110 Å². The fourth-order valence-corrected chi connectivity index (χ4v) is 1.93. The summed E-state index contributed by atoms with van der Waals surface area (Å²) in [4.78, 5) is 28.1. The lowest BCUT2D eigenvalue weighted by Crippen LogP contribution is -2.22. The zero-order valence-corrected chi connectivity index (χ0v) is 14.5. The first-order chi connectivity index (χ1) is 13.1. The van der Waals surface area contributed by atoms with E-state index in [-0.39, 0.29) is 0 Å². The molecule has 0 bridgehead atoms. The molecule has 138 valence electrons. The van der Waals surface area contributed by atoms with Gasteiger partial charge in [0.2, 0.25) is 6.61 Å². The van der Waals surface area contributed by atoms with E-state index in [1.165, 1.54) is 12.3 Å². The van der Waals surface area contributed by atoms with Crippen molar-refractivity contribution >= 4 is 23.8 Å². The van der Waals surface area contributed by atoms with E-state index in [4.69, 9.17) is 19.6 Å². The fraction of sp³-hybridized carbons (Fsp3) is 0.158. The van der Waals surface area contributed by atoms with E-state index in [0.29, 0.717) is 17.0 Å². The highest BCUT2D eigenvalue weighted by atomic mass is 16.7. The van der Waals surface area contributed by atoms with E-state index in [0.717, 1.165) is 5.56 Å². The first kappa shape index (κ1) is 19.5. The maximum absolute atomic E-state index is 11.7. The number of methoxy groups -OCH3 is 1. The molecular weight excluding hydrogens is 350 g/mol. The number of benzene rings is 2. The molecule has 1 amide bonds. The van der Waals surface area contributed by atoms with Crippen LogP contribution in [0.2, 0.25) is 0 Å². The van der Waals surface area contributed by atoms with Crippen molar-refractivity contribution in [1.82, 2.24) is 0 Å². The Labute approximate surface area is 155 Å². The summed E-state index contributed by atoms with van der Waals surface area (Å²) in [5.74, 6) is -0.544. The molecule has 0 radical (unpaired) electrons. The summed E-state index contributed by atoms with van der Waals surface area (Å²) in [6.45, 7) is -0.898. The molecule has 1 N–H and O–H groups in total. The smallest absolute Gasteiger partial charge is 0.347 e. The number of carbonyl (C=O) groups is 2. The average molecular weight is 367 g/mol. The Bertz CT molecular complexity index is 856. The molecular formula is C19H17N3O5. The summed E-state index contributed by atoms with van der Waals surface area (Å²) in [6.07, 6.45) is 1.43. The van der Waals surface area contributed by atoms with Gasteiger partial charge in [-0.15, -0.1) is 0 Å². The van der Waals surface area contributed by atoms with Gasteiger partial charge in [-0.2, -0.15) is 5.26 Å². The number of esters is 1. The number of hydrogen-bond acceptors (Lipinski definition) is 7. The van der Waals surface area contributed by atoms with Crippen LogP contribution in [0.25, 0.3) is 0 Å². The largest absolute Gasteiger partial charge is 0.497 e. The molecule has 2 aromatic rings. The van der Waals surface area contributed by atoms with Crippen molar-refractivity contribution < 1.29 is 23.9 Å². The Morgan fingerprint density at radius 3 is 2.67 bits per heavy atom. The summed E-state index contributed by atoms with van der Waals surface area (Å²) in [6, 6.07) is 15.4. The van der Waals surface area contributed by atoms with Crippen molar-refractivity contribution in [2.45, 2.75) is 0 Å². The Balaban J connectivity index is 1.68. The van der Waals surface area contributed by atoms with Gasteiger partial charge in [0.15, 0.2) is 6.61 Å². The molecule has 0 unspecified atom stereocenters. The summed E-state index contributed by atoms with van der Waals surface area (Å²) < 4.78 is 9.82. The number of oxime groups is 1. The molecule has 0 spiro atoms. The van der Waals surface area contributed by atoms with Gasteiger partial charge < -0.3 is 19.6 Å². The van der Waals surface area contributed by atoms with Gasteiger partial charge in [0.25, 0.3) is 5.91 Å². The Morgan fingerprint density at radius 1 is 1.19 bits per heavy atom. The predicted molar refractivity (Wildman–Crippen MR) is 97.3 cm³/mol. The third-order valence-electron chi connectivity index (χ3n) is 3.21. The van der Waals surface area contributed by atoms with Crippen LogP contribution in [-0.4, -0.2) is 38.4 Å². The molecule has 0 aromatic heterocycles. The van der Waals surface area contributed by atoms with E-state index in [2.05, 4.69) is 10.5 Å². The molecule has 0 heterocycles. The van der Waals surface area contributed by atoms with Crippen LogP contribution in [0.1, 0.15) is 11.1 Å². The number of anilines is 1. The van der Waals surface area contributed by atoms with Crippen LogP contribution in [0.3, 0.4) is 0 Å². The second-order valence-electron chi connectivity index (χ2n) is 5.18. The molecule has 0 saturated carbocycles. The van der Waals surface area contributed by atoms with E-state index < -0.39 is 25.1 Å². The average Bonchev–Trinajstić information content (AvgIpc) is 2.70. The highest BCUT2D eigenvalue weighted by Crippen LogP contribution is 2.10. The van der Waals surface area contributed by atoms with Crippen molar-refractivity contribution in [2.75, 3.05) is 25.6 Å². The van der Waals surface area contributed by atoms with E-state index >= 15 is 0 Å². The maximum atomic E-state index is 11.7. The number of carbonyl (C=O) groups excluding carboxylic acids is 2. The second-order valence-corrected chi connectivity index (χ2v) is 5.18. The van der Waals surface area contributed by atoms with Crippen LogP contribution in [0.4, 0.5) is 5.69 Å². The molecule has 0 atom stereocenters. The van der Waals surface area contributed by atoms with E-state index in [9.17, 15) is 9.59 Å². The van der Waals surface area contributed by atoms with Gasteiger partial charge >= 0.3 is 5.97 Å². The lowest BCUT2D eigenvalue weighted by molar-refractivity contribution is -0.151. The number of ether oxygens (including phenoxy) is 2. The van der Waals surface area contributed by atoms with Crippen molar-refractivity contribution in [1.29, 1.82) is 5.26 Å².